The topological polar surface area (TPSA) is 12.0 Å². The van der Waals surface area contributed by atoms with E-state index in [1.807, 2.05) is 6.26 Å². The number of hydrogen-bond donors (Lipinski definition) is 1. The number of alkyl halides is 3. The Morgan fingerprint density at radius 2 is 2.06 bits per heavy atom. The van der Waals surface area contributed by atoms with Crippen LogP contribution >= 0.6 is 11.8 Å². The van der Waals surface area contributed by atoms with Crippen LogP contribution in [0.4, 0.5) is 13.2 Å². The van der Waals surface area contributed by atoms with Gasteiger partial charge in [0.25, 0.3) is 0 Å². The molecule has 0 aliphatic heterocycles. The van der Waals surface area contributed by atoms with Crippen molar-refractivity contribution >= 4 is 11.8 Å². The highest BCUT2D eigenvalue weighted by Crippen LogP contribution is 2.37. The Labute approximate surface area is 106 Å². The van der Waals surface area contributed by atoms with E-state index < -0.39 is 12.1 Å². The minimum absolute atomic E-state index is 0.0486. The molecule has 1 saturated carbocycles. The van der Waals surface area contributed by atoms with Crippen LogP contribution in [-0.4, -0.2) is 30.3 Å². The van der Waals surface area contributed by atoms with E-state index >= 15 is 0 Å². The van der Waals surface area contributed by atoms with Gasteiger partial charge in [-0.15, -0.1) is 0 Å². The molecule has 102 valence electrons. The molecule has 1 nitrogen and oxygen atoms in total. The average Bonchev–Trinajstić information content (AvgIpc) is 2.28. The van der Waals surface area contributed by atoms with Gasteiger partial charge < -0.3 is 5.32 Å². The fourth-order valence-corrected chi connectivity index (χ4v) is 3.19. The van der Waals surface area contributed by atoms with Gasteiger partial charge in [-0.1, -0.05) is 13.3 Å². The summed E-state index contributed by atoms with van der Waals surface area (Å²) in [6.07, 6.45) is 1.14. The molecule has 0 aromatic rings. The first-order valence-corrected chi connectivity index (χ1v) is 7.68. The summed E-state index contributed by atoms with van der Waals surface area (Å²) in [5, 5.41) is 3.39. The van der Waals surface area contributed by atoms with Crippen molar-refractivity contribution in [2.45, 2.75) is 57.3 Å². The summed E-state index contributed by atoms with van der Waals surface area (Å²) < 4.78 is 38.0. The Hall–Kier alpha value is 0.100. The Morgan fingerprint density at radius 1 is 1.35 bits per heavy atom. The molecule has 0 amide bonds. The van der Waals surface area contributed by atoms with Crippen LogP contribution in [0.15, 0.2) is 0 Å². The number of thioether (sulfide) groups is 1. The van der Waals surface area contributed by atoms with Gasteiger partial charge in [0.1, 0.15) is 0 Å². The quantitative estimate of drug-likeness (QED) is 0.814. The lowest BCUT2D eigenvalue weighted by Crippen LogP contribution is -2.44. The van der Waals surface area contributed by atoms with Crippen LogP contribution in [0.5, 0.6) is 0 Å². The summed E-state index contributed by atoms with van der Waals surface area (Å²) in [4.78, 5) is 0. The third kappa shape index (κ3) is 5.08. The van der Waals surface area contributed by atoms with E-state index in [0.717, 1.165) is 18.6 Å². The summed E-state index contributed by atoms with van der Waals surface area (Å²) in [5.41, 5.74) is 0. The third-order valence-corrected chi connectivity index (χ3v) is 4.20. The maximum Gasteiger partial charge on any atom is 0.391 e. The lowest BCUT2D eigenvalue weighted by molar-refractivity contribution is -0.183. The predicted octanol–water partition coefficient (Wildman–Crippen LogP) is 3.84. The van der Waals surface area contributed by atoms with Gasteiger partial charge in [-0.2, -0.15) is 24.9 Å². The summed E-state index contributed by atoms with van der Waals surface area (Å²) in [6, 6.07) is 0.398. The first-order chi connectivity index (χ1) is 7.97. The summed E-state index contributed by atoms with van der Waals surface area (Å²) >= 11 is 1.74. The van der Waals surface area contributed by atoms with Gasteiger partial charge >= 0.3 is 6.18 Å². The number of rotatable bonds is 5. The molecule has 0 saturated heterocycles. The van der Waals surface area contributed by atoms with Gasteiger partial charge in [-0.25, -0.2) is 0 Å². The molecule has 1 aliphatic carbocycles. The molecular formula is C12H22F3NS. The van der Waals surface area contributed by atoms with Crippen molar-refractivity contribution in [1.29, 1.82) is 0 Å². The molecule has 0 radical (unpaired) electrons. The zero-order valence-corrected chi connectivity index (χ0v) is 11.3. The molecule has 1 aliphatic rings. The molecule has 17 heavy (non-hydrogen) atoms. The Balaban J connectivity index is 2.43. The zero-order valence-electron chi connectivity index (χ0n) is 10.5. The second kappa shape index (κ2) is 6.88. The molecule has 3 unspecified atom stereocenters. The molecule has 1 N–H and O–H groups in total. The van der Waals surface area contributed by atoms with E-state index in [0.29, 0.717) is 18.9 Å². The van der Waals surface area contributed by atoms with Crippen LogP contribution in [-0.2, 0) is 0 Å². The molecule has 0 aromatic carbocycles. The first-order valence-electron chi connectivity index (χ1n) is 6.29. The van der Waals surface area contributed by atoms with Gasteiger partial charge in [0.15, 0.2) is 0 Å². The molecule has 0 aromatic heterocycles. The zero-order chi connectivity index (χ0) is 12.9. The summed E-state index contributed by atoms with van der Waals surface area (Å²) in [5.74, 6) is -0.121. The molecular weight excluding hydrogens is 247 g/mol. The summed E-state index contributed by atoms with van der Waals surface area (Å²) in [6.45, 7) is 2.08. The SMILES string of the molecule is CCC(CSC)NC1CCCC(C(F)(F)F)C1. The highest BCUT2D eigenvalue weighted by molar-refractivity contribution is 7.98. The van der Waals surface area contributed by atoms with Crippen molar-refractivity contribution in [3.63, 3.8) is 0 Å². The molecule has 0 heterocycles. The van der Waals surface area contributed by atoms with Gasteiger partial charge in [0.05, 0.1) is 5.92 Å². The van der Waals surface area contributed by atoms with Crippen molar-refractivity contribution in [3.05, 3.63) is 0 Å². The summed E-state index contributed by atoms with van der Waals surface area (Å²) in [7, 11) is 0. The third-order valence-electron chi connectivity index (χ3n) is 3.47. The Morgan fingerprint density at radius 3 is 2.59 bits per heavy atom. The fourth-order valence-electron chi connectivity index (χ4n) is 2.46. The largest absolute Gasteiger partial charge is 0.391 e. The first kappa shape index (κ1) is 15.2. The van der Waals surface area contributed by atoms with E-state index in [2.05, 4.69) is 12.2 Å². The second-order valence-corrected chi connectivity index (χ2v) is 5.74. The maximum atomic E-state index is 12.7. The van der Waals surface area contributed by atoms with Crippen LogP contribution in [0.25, 0.3) is 0 Å². The van der Waals surface area contributed by atoms with E-state index in [9.17, 15) is 13.2 Å². The highest BCUT2D eigenvalue weighted by Gasteiger charge is 2.42. The van der Waals surface area contributed by atoms with Gasteiger partial charge in [-0.05, 0) is 31.9 Å². The maximum absolute atomic E-state index is 12.7. The van der Waals surface area contributed by atoms with Crippen molar-refractivity contribution in [3.8, 4) is 0 Å². The smallest absolute Gasteiger partial charge is 0.310 e. The average molecular weight is 269 g/mol. The minimum atomic E-state index is -4.01. The van der Waals surface area contributed by atoms with Gasteiger partial charge in [-0.3, -0.25) is 0 Å². The van der Waals surface area contributed by atoms with Crippen LogP contribution in [0.2, 0.25) is 0 Å². The lowest BCUT2D eigenvalue weighted by atomic mass is 9.85. The Bertz CT molecular complexity index is 220. The number of halogens is 3. The standard InChI is InChI=1S/C12H22F3NS/c1-3-10(8-17-2)16-11-6-4-5-9(7-11)12(13,14)15/h9-11,16H,3-8H2,1-2H3. The van der Waals surface area contributed by atoms with E-state index in [4.69, 9.17) is 0 Å². The van der Waals surface area contributed by atoms with E-state index in [1.165, 1.54) is 0 Å². The normalized spacial score (nSPS) is 28.1. The minimum Gasteiger partial charge on any atom is -0.310 e. The molecule has 5 heteroatoms. The van der Waals surface area contributed by atoms with Crippen molar-refractivity contribution in [1.82, 2.24) is 5.32 Å². The molecule has 0 bridgehead atoms. The van der Waals surface area contributed by atoms with Crippen LogP contribution in [0.3, 0.4) is 0 Å². The van der Waals surface area contributed by atoms with Gasteiger partial charge in [0.2, 0.25) is 0 Å². The predicted molar refractivity (Wildman–Crippen MR) is 67.4 cm³/mol. The van der Waals surface area contributed by atoms with E-state index in [-0.39, 0.29) is 12.5 Å². The molecule has 1 fully saturated rings. The highest BCUT2D eigenvalue weighted by atomic mass is 32.2. The Kier molecular flexibility index (Phi) is 6.13. The van der Waals surface area contributed by atoms with Crippen LogP contribution < -0.4 is 5.32 Å². The lowest BCUT2D eigenvalue weighted by Gasteiger charge is -2.33. The molecule has 0 spiro atoms. The number of hydrogen-bond acceptors (Lipinski definition) is 2. The monoisotopic (exact) mass is 269 g/mol. The number of nitrogens with one attached hydrogen (secondary N) is 1. The van der Waals surface area contributed by atoms with Gasteiger partial charge in [0, 0.05) is 17.8 Å². The van der Waals surface area contributed by atoms with Crippen molar-refractivity contribution < 1.29 is 13.2 Å². The van der Waals surface area contributed by atoms with Crippen LogP contribution in [0, 0.1) is 5.92 Å². The molecule has 1 rings (SSSR count). The van der Waals surface area contributed by atoms with Crippen LogP contribution in [0.1, 0.15) is 39.0 Å². The second-order valence-electron chi connectivity index (χ2n) is 4.83. The fraction of sp³-hybridized carbons (Fsp3) is 1.00. The van der Waals surface area contributed by atoms with Crippen molar-refractivity contribution in [2.24, 2.45) is 5.92 Å². The van der Waals surface area contributed by atoms with E-state index in [1.54, 1.807) is 11.8 Å². The van der Waals surface area contributed by atoms with Crippen molar-refractivity contribution in [2.75, 3.05) is 12.0 Å². The molecule has 3 atom stereocenters.